The molecule has 3 aromatic rings. The van der Waals surface area contributed by atoms with Crippen LogP contribution in [0.5, 0.6) is 5.75 Å². The highest BCUT2D eigenvalue weighted by atomic mass is 32.1. The van der Waals surface area contributed by atoms with E-state index in [1.54, 1.807) is 11.3 Å². The van der Waals surface area contributed by atoms with Crippen molar-refractivity contribution in [1.82, 2.24) is 4.98 Å². The van der Waals surface area contributed by atoms with E-state index in [0.717, 1.165) is 29.1 Å². The van der Waals surface area contributed by atoms with Crippen LogP contribution in [0.4, 0.5) is 0 Å². The summed E-state index contributed by atoms with van der Waals surface area (Å²) >= 11 is 1.69. The molecule has 1 aromatic heterocycles. The molecule has 0 saturated carbocycles. The first kappa shape index (κ1) is 12.8. The molecule has 0 radical (unpaired) electrons. The number of aromatic nitrogens is 1. The summed E-state index contributed by atoms with van der Waals surface area (Å²) in [4.78, 5) is 4.59. The fourth-order valence-corrected chi connectivity index (χ4v) is 3.72. The molecular weight excluding hydrogens is 280 g/mol. The van der Waals surface area contributed by atoms with Crippen molar-refractivity contribution in [3.8, 4) is 5.75 Å². The van der Waals surface area contributed by atoms with E-state index in [1.165, 1.54) is 15.8 Å². The van der Waals surface area contributed by atoms with Crippen LogP contribution in [0, 0.1) is 0 Å². The Bertz CT molecular complexity index is 763. The number of ether oxygens (including phenoxy) is 1. The van der Waals surface area contributed by atoms with Crippen LogP contribution < -0.4 is 10.5 Å². The number of para-hydroxylation sites is 1. The zero-order chi connectivity index (χ0) is 14.2. The molecule has 21 heavy (non-hydrogen) atoms. The van der Waals surface area contributed by atoms with Crippen LogP contribution in [0.3, 0.4) is 0 Å². The number of rotatable bonds is 3. The Balaban J connectivity index is 1.51. The molecule has 4 rings (SSSR count). The van der Waals surface area contributed by atoms with Gasteiger partial charge in [-0.3, -0.25) is 0 Å². The van der Waals surface area contributed by atoms with Crippen molar-refractivity contribution < 1.29 is 4.74 Å². The summed E-state index contributed by atoms with van der Waals surface area (Å²) < 4.78 is 7.09. The highest BCUT2D eigenvalue weighted by Crippen LogP contribution is 2.32. The first-order chi connectivity index (χ1) is 10.3. The number of fused-ring (bicyclic) bond motifs is 2. The molecule has 106 valence electrons. The SMILES string of the molecule is NC1CCc2cc(OCc3nc4ccccc4s3)ccc21. The third-order valence-corrected chi connectivity index (χ3v) is 4.95. The predicted molar refractivity (Wildman–Crippen MR) is 85.6 cm³/mol. The predicted octanol–water partition coefficient (Wildman–Crippen LogP) is 3.82. The highest BCUT2D eigenvalue weighted by Gasteiger charge is 2.19. The third kappa shape index (κ3) is 2.41. The molecule has 2 aromatic carbocycles. The van der Waals surface area contributed by atoms with E-state index >= 15 is 0 Å². The van der Waals surface area contributed by atoms with E-state index in [2.05, 4.69) is 23.2 Å². The van der Waals surface area contributed by atoms with E-state index in [0.29, 0.717) is 6.61 Å². The number of hydrogen-bond acceptors (Lipinski definition) is 4. The zero-order valence-electron chi connectivity index (χ0n) is 11.6. The summed E-state index contributed by atoms with van der Waals surface area (Å²) in [5.41, 5.74) is 9.69. The van der Waals surface area contributed by atoms with Crippen molar-refractivity contribution in [2.45, 2.75) is 25.5 Å². The molecule has 0 spiro atoms. The molecule has 4 heteroatoms. The molecule has 3 nitrogen and oxygen atoms in total. The molecule has 0 amide bonds. The Morgan fingerprint density at radius 3 is 3.05 bits per heavy atom. The van der Waals surface area contributed by atoms with Crippen molar-refractivity contribution in [2.75, 3.05) is 0 Å². The molecule has 0 aliphatic heterocycles. The van der Waals surface area contributed by atoms with E-state index in [-0.39, 0.29) is 6.04 Å². The standard InChI is InChI=1S/C17H16N2OS/c18-14-8-5-11-9-12(6-7-13(11)14)20-10-17-19-15-3-1-2-4-16(15)21-17/h1-4,6-7,9,14H,5,8,10,18H2. The number of thiazole rings is 1. The quantitative estimate of drug-likeness (QED) is 0.799. The monoisotopic (exact) mass is 296 g/mol. The third-order valence-electron chi connectivity index (χ3n) is 3.94. The van der Waals surface area contributed by atoms with Crippen LogP contribution in [0.2, 0.25) is 0 Å². The Hall–Kier alpha value is -1.91. The van der Waals surface area contributed by atoms with Gasteiger partial charge in [-0.25, -0.2) is 4.98 Å². The van der Waals surface area contributed by atoms with Gasteiger partial charge in [-0.05, 0) is 48.2 Å². The second kappa shape index (κ2) is 5.13. The van der Waals surface area contributed by atoms with Crippen molar-refractivity contribution in [1.29, 1.82) is 0 Å². The van der Waals surface area contributed by atoms with Gasteiger partial charge in [-0.2, -0.15) is 0 Å². The average molecular weight is 296 g/mol. The van der Waals surface area contributed by atoms with Crippen LogP contribution in [0.15, 0.2) is 42.5 Å². The van der Waals surface area contributed by atoms with E-state index in [1.807, 2.05) is 24.3 Å². The topological polar surface area (TPSA) is 48.1 Å². The van der Waals surface area contributed by atoms with Crippen molar-refractivity contribution in [3.63, 3.8) is 0 Å². The minimum absolute atomic E-state index is 0.193. The van der Waals surface area contributed by atoms with Crippen molar-refractivity contribution in [3.05, 3.63) is 58.6 Å². The lowest BCUT2D eigenvalue weighted by Crippen LogP contribution is -2.05. The van der Waals surface area contributed by atoms with Gasteiger partial charge in [0, 0.05) is 6.04 Å². The molecule has 0 fully saturated rings. The zero-order valence-corrected chi connectivity index (χ0v) is 12.4. The maximum Gasteiger partial charge on any atom is 0.140 e. The molecular formula is C17H16N2OS. The maximum absolute atomic E-state index is 6.06. The van der Waals surface area contributed by atoms with Gasteiger partial charge in [0.05, 0.1) is 10.2 Å². The lowest BCUT2D eigenvalue weighted by atomic mass is 10.1. The summed E-state index contributed by atoms with van der Waals surface area (Å²) in [5, 5.41) is 1.01. The first-order valence-electron chi connectivity index (χ1n) is 7.15. The summed E-state index contributed by atoms with van der Waals surface area (Å²) in [6, 6.07) is 14.6. The van der Waals surface area contributed by atoms with Gasteiger partial charge in [0.1, 0.15) is 17.4 Å². The largest absolute Gasteiger partial charge is 0.486 e. The van der Waals surface area contributed by atoms with Gasteiger partial charge in [0.2, 0.25) is 0 Å². The Kier molecular flexibility index (Phi) is 3.13. The van der Waals surface area contributed by atoms with Gasteiger partial charge >= 0.3 is 0 Å². The molecule has 1 aliphatic rings. The lowest BCUT2D eigenvalue weighted by Gasteiger charge is -2.08. The van der Waals surface area contributed by atoms with Crippen LogP contribution in [-0.2, 0) is 13.0 Å². The molecule has 1 atom stereocenters. The molecule has 1 aliphatic carbocycles. The normalized spacial score (nSPS) is 17.1. The number of hydrogen-bond donors (Lipinski definition) is 1. The summed E-state index contributed by atoms with van der Waals surface area (Å²) in [5.74, 6) is 0.905. The molecule has 0 saturated heterocycles. The molecule has 1 heterocycles. The minimum Gasteiger partial charge on any atom is -0.486 e. The van der Waals surface area contributed by atoms with Gasteiger partial charge in [-0.15, -0.1) is 11.3 Å². The van der Waals surface area contributed by atoms with Crippen LogP contribution in [-0.4, -0.2) is 4.98 Å². The number of nitrogens with zero attached hydrogens (tertiary/aromatic N) is 1. The molecule has 1 unspecified atom stereocenters. The van der Waals surface area contributed by atoms with E-state index in [4.69, 9.17) is 10.5 Å². The summed E-state index contributed by atoms with van der Waals surface area (Å²) in [6.07, 6.45) is 2.09. The smallest absolute Gasteiger partial charge is 0.140 e. The Morgan fingerprint density at radius 2 is 2.14 bits per heavy atom. The number of aryl methyl sites for hydroxylation is 1. The van der Waals surface area contributed by atoms with Crippen LogP contribution in [0.1, 0.15) is 28.6 Å². The van der Waals surface area contributed by atoms with Gasteiger partial charge in [0.25, 0.3) is 0 Å². The fraction of sp³-hybridized carbons (Fsp3) is 0.235. The number of benzene rings is 2. The van der Waals surface area contributed by atoms with E-state index < -0.39 is 0 Å². The van der Waals surface area contributed by atoms with Crippen LogP contribution in [0.25, 0.3) is 10.2 Å². The van der Waals surface area contributed by atoms with E-state index in [9.17, 15) is 0 Å². The second-order valence-electron chi connectivity index (χ2n) is 5.37. The lowest BCUT2D eigenvalue weighted by molar-refractivity contribution is 0.305. The first-order valence-corrected chi connectivity index (χ1v) is 7.97. The van der Waals surface area contributed by atoms with Gasteiger partial charge in [-0.1, -0.05) is 18.2 Å². The minimum atomic E-state index is 0.193. The van der Waals surface area contributed by atoms with Crippen molar-refractivity contribution in [2.24, 2.45) is 5.73 Å². The summed E-state index contributed by atoms with van der Waals surface area (Å²) in [7, 11) is 0. The average Bonchev–Trinajstić information content (AvgIpc) is 3.08. The molecule has 0 bridgehead atoms. The summed E-state index contributed by atoms with van der Waals surface area (Å²) in [6.45, 7) is 0.518. The van der Waals surface area contributed by atoms with Gasteiger partial charge < -0.3 is 10.5 Å². The Labute approximate surface area is 127 Å². The molecule has 2 N–H and O–H groups in total. The maximum atomic E-state index is 6.06. The van der Waals surface area contributed by atoms with Gasteiger partial charge in [0.15, 0.2) is 0 Å². The number of nitrogens with two attached hydrogens (primary N) is 1. The second-order valence-corrected chi connectivity index (χ2v) is 6.48. The van der Waals surface area contributed by atoms with Crippen LogP contribution >= 0.6 is 11.3 Å². The van der Waals surface area contributed by atoms with Crippen molar-refractivity contribution >= 4 is 21.6 Å². The fourth-order valence-electron chi connectivity index (χ4n) is 2.84. The Morgan fingerprint density at radius 1 is 1.24 bits per heavy atom. The highest BCUT2D eigenvalue weighted by molar-refractivity contribution is 7.18.